The molecule has 0 aliphatic carbocycles. The molecular weight excluding hydrogens is 290 g/mol. The summed E-state index contributed by atoms with van der Waals surface area (Å²) in [6, 6.07) is 13.5. The Hall–Kier alpha value is -2.75. The molecule has 0 aromatic heterocycles. The van der Waals surface area contributed by atoms with Gasteiger partial charge in [0.25, 0.3) is 5.91 Å². The SMILES string of the molecule is COc1cccc(/C=C/C(=O)N2CCOc3ccc(C)cc32)c1. The second kappa shape index (κ2) is 6.57. The van der Waals surface area contributed by atoms with Crippen molar-refractivity contribution in [3.05, 3.63) is 59.7 Å². The molecule has 0 fully saturated rings. The predicted octanol–water partition coefficient (Wildman–Crippen LogP) is 3.44. The molecule has 0 spiro atoms. The molecule has 1 heterocycles. The lowest BCUT2D eigenvalue weighted by molar-refractivity contribution is -0.114. The molecule has 1 aliphatic rings. The first-order valence-corrected chi connectivity index (χ1v) is 7.54. The Kier molecular flexibility index (Phi) is 4.33. The standard InChI is InChI=1S/C19H19NO3/c1-14-6-8-18-17(12-14)20(10-11-23-18)19(21)9-7-15-4-3-5-16(13-15)22-2/h3-9,12-13H,10-11H2,1-2H3/b9-7+. The van der Waals surface area contributed by atoms with E-state index in [1.54, 1.807) is 24.2 Å². The second-order valence-electron chi connectivity index (χ2n) is 5.42. The van der Waals surface area contributed by atoms with Gasteiger partial charge in [-0.3, -0.25) is 4.79 Å². The third-order valence-corrected chi connectivity index (χ3v) is 3.76. The summed E-state index contributed by atoms with van der Waals surface area (Å²) in [6.45, 7) is 3.07. The first-order chi connectivity index (χ1) is 11.2. The van der Waals surface area contributed by atoms with Gasteiger partial charge in [-0.1, -0.05) is 18.2 Å². The summed E-state index contributed by atoms with van der Waals surface area (Å²) in [6.07, 6.45) is 3.39. The monoisotopic (exact) mass is 309 g/mol. The number of amides is 1. The van der Waals surface area contributed by atoms with E-state index >= 15 is 0 Å². The first-order valence-electron chi connectivity index (χ1n) is 7.54. The van der Waals surface area contributed by atoms with Crippen LogP contribution in [0.1, 0.15) is 11.1 Å². The molecule has 0 N–H and O–H groups in total. The van der Waals surface area contributed by atoms with Gasteiger partial charge >= 0.3 is 0 Å². The van der Waals surface area contributed by atoms with Gasteiger partial charge in [0.05, 0.1) is 19.3 Å². The van der Waals surface area contributed by atoms with Crippen molar-refractivity contribution in [1.82, 2.24) is 0 Å². The minimum Gasteiger partial charge on any atom is -0.497 e. The van der Waals surface area contributed by atoms with Gasteiger partial charge in [0.15, 0.2) is 0 Å². The van der Waals surface area contributed by atoms with E-state index in [4.69, 9.17) is 9.47 Å². The first kappa shape index (κ1) is 15.2. The van der Waals surface area contributed by atoms with Crippen LogP contribution in [0.2, 0.25) is 0 Å². The Balaban J connectivity index is 1.81. The van der Waals surface area contributed by atoms with E-state index in [-0.39, 0.29) is 5.91 Å². The number of methoxy groups -OCH3 is 1. The third-order valence-electron chi connectivity index (χ3n) is 3.76. The molecule has 2 aromatic carbocycles. The van der Waals surface area contributed by atoms with Gasteiger partial charge in [0, 0.05) is 6.08 Å². The molecule has 0 saturated carbocycles. The van der Waals surface area contributed by atoms with E-state index in [1.165, 1.54) is 0 Å². The second-order valence-corrected chi connectivity index (χ2v) is 5.42. The highest BCUT2D eigenvalue weighted by molar-refractivity contribution is 6.05. The van der Waals surface area contributed by atoms with Gasteiger partial charge in [0.2, 0.25) is 0 Å². The normalized spacial score (nSPS) is 13.6. The van der Waals surface area contributed by atoms with Crippen molar-refractivity contribution in [2.75, 3.05) is 25.2 Å². The molecule has 0 saturated heterocycles. The molecule has 4 heteroatoms. The van der Waals surface area contributed by atoms with Gasteiger partial charge < -0.3 is 14.4 Å². The number of anilines is 1. The number of nitrogens with zero attached hydrogens (tertiary/aromatic N) is 1. The fourth-order valence-corrected chi connectivity index (χ4v) is 2.56. The largest absolute Gasteiger partial charge is 0.497 e. The minimum absolute atomic E-state index is 0.0528. The fourth-order valence-electron chi connectivity index (χ4n) is 2.56. The number of hydrogen-bond acceptors (Lipinski definition) is 3. The van der Waals surface area contributed by atoms with Crippen LogP contribution in [0.25, 0.3) is 6.08 Å². The van der Waals surface area contributed by atoms with Crippen LogP contribution in [0.5, 0.6) is 11.5 Å². The molecule has 23 heavy (non-hydrogen) atoms. The van der Waals surface area contributed by atoms with Crippen molar-refractivity contribution in [2.45, 2.75) is 6.92 Å². The number of aryl methyl sites for hydroxylation is 1. The molecule has 0 atom stereocenters. The van der Waals surface area contributed by atoms with Crippen LogP contribution < -0.4 is 14.4 Å². The van der Waals surface area contributed by atoms with Gasteiger partial charge in [0.1, 0.15) is 18.1 Å². The number of carbonyl (C=O) groups is 1. The Morgan fingerprint density at radius 2 is 2.13 bits per heavy atom. The highest BCUT2D eigenvalue weighted by Gasteiger charge is 2.22. The summed E-state index contributed by atoms with van der Waals surface area (Å²) in [7, 11) is 1.63. The number of hydrogen-bond donors (Lipinski definition) is 0. The van der Waals surface area contributed by atoms with Crippen molar-refractivity contribution < 1.29 is 14.3 Å². The maximum absolute atomic E-state index is 12.6. The summed E-state index contributed by atoms with van der Waals surface area (Å²) in [5.74, 6) is 1.47. The van der Waals surface area contributed by atoms with E-state index in [0.717, 1.165) is 28.3 Å². The van der Waals surface area contributed by atoms with Gasteiger partial charge in [-0.25, -0.2) is 0 Å². The van der Waals surface area contributed by atoms with Crippen molar-refractivity contribution in [3.63, 3.8) is 0 Å². The van der Waals surface area contributed by atoms with Crippen LogP contribution in [0.4, 0.5) is 5.69 Å². The summed E-state index contributed by atoms with van der Waals surface area (Å²) in [5, 5.41) is 0. The Morgan fingerprint density at radius 3 is 2.96 bits per heavy atom. The Bertz CT molecular complexity index is 752. The Labute approximate surface area is 135 Å². The molecule has 1 aliphatic heterocycles. The van der Waals surface area contributed by atoms with Crippen LogP contribution >= 0.6 is 0 Å². The van der Waals surface area contributed by atoms with E-state index < -0.39 is 0 Å². The molecule has 0 bridgehead atoms. The van der Waals surface area contributed by atoms with Crippen LogP contribution in [-0.4, -0.2) is 26.2 Å². The number of fused-ring (bicyclic) bond motifs is 1. The molecule has 0 radical (unpaired) electrons. The van der Waals surface area contributed by atoms with Crippen molar-refractivity contribution in [3.8, 4) is 11.5 Å². The average molecular weight is 309 g/mol. The fraction of sp³-hybridized carbons (Fsp3) is 0.211. The lowest BCUT2D eigenvalue weighted by Crippen LogP contribution is -2.36. The number of rotatable bonds is 3. The maximum atomic E-state index is 12.6. The van der Waals surface area contributed by atoms with Crippen LogP contribution in [0, 0.1) is 6.92 Å². The number of benzene rings is 2. The smallest absolute Gasteiger partial charge is 0.251 e. The lowest BCUT2D eigenvalue weighted by Gasteiger charge is -2.29. The summed E-state index contributed by atoms with van der Waals surface area (Å²) < 4.78 is 10.8. The van der Waals surface area contributed by atoms with Crippen LogP contribution in [-0.2, 0) is 4.79 Å². The van der Waals surface area contributed by atoms with E-state index in [1.807, 2.05) is 49.4 Å². The third kappa shape index (κ3) is 3.37. The van der Waals surface area contributed by atoms with E-state index in [0.29, 0.717) is 13.2 Å². The quantitative estimate of drug-likeness (QED) is 0.815. The van der Waals surface area contributed by atoms with Crippen molar-refractivity contribution >= 4 is 17.7 Å². The molecule has 118 valence electrons. The summed E-state index contributed by atoms with van der Waals surface area (Å²) in [4.78, 5) is 14.3. The van der Waals surface area contributed by atoms with Crippen LogP contribution in [0.3, 0.4) is 0 Å². The number of carbonyl (C=O) groups excluding carboxylic acids is 1. The summed E-state index contributed by atoms with van der Waals surface area (Å²) >= 11 is 0. The van der Waals surface area contributed by atoms with Crippen molar-refractivity contribution in [1.29, 1.82) is 0 Å². The average Bonchev–Trinajstić information content (AvgIpc) is 2.59. The van der Waals surface area contributed by atoms with Gasteiger partial charge in [-0.05, 0) is 48.4 Å². The molecule has 4 nitrogen and oxygen atoms in total. The zero-order valence-electron chi connectivity index (χ0n) is 13.3. The van der Waals surface area contributed by atoms with Crippen molar-refractivity contribution in [2.24, 2.45) is 0 Å². The zero-order valence-corrected chi connectivity index (χ0v) is 13.3. The van der Waals surface area contributed by atoms with Crippen LogP contribution in [0.15, 0.2) is 48.5 Å². The van der Waals surface area contributed by atoms with Gasteiger partial charge in [-0.15, -0.1) is 0 Å². The highest BCUT2D eigenvalue weighted by Crippen LogP contribution is 2.32. The molecule has 1 amide bonds. The lowest BCUT2D eigenvalue weighted by atomic mass is 10.1. The number of ether oxygens (including phenoxy) is 2. The summed E-state index contributed by atoms with van der Waals surface area (Å²) in [5.41, 5.74) is 2.86. The molecule has 0 unspecified atom stereocenters. The van der Waals surface area contributed by atoms with E-state index in [2.05, 4.69) is 0 Å². The Morgan fingerprint density at radius 1 is 1.26 bits per heavy atom. The highest BCUT2D eigenvalue weighted by atomic mass is 16.5. The molecular formula is C19H19NO3. The van der Waals surface area contributed by atoms with E-state index in [9.17, 15) is 4.79 Å². The van der Waals surface area contributed by atoms with Gasteiger partial charge in [-0.2, -0.15) is 0 Å². The molecule has 2 aromatic rings. The minimum atomic E-state index is -0.0528. The molecule has 3 rings (SSSR count). The zero-order chi connectivity index (χ0) is 16.2. The topological polar surface area (TPSA) is 38.8 Å². The maximum Gasteiger partial charge on any atom is 0.251 e. The predicted molar refractivity (Wildman–Crippen MR) is 91.1 cm³/mol.